The lowest BCUT2D eigenvalue weighted by Gasteiger charge is -2.31. The van der Waals surface area contributed by atoms with Gasteiger partial charge in [0.05, 0.1) is 0 Å². The Labute approximate surface area is 137 Å². The van der Waals surface area contributed by atoms with Crippen LogP contribution in [0.2, 0.25) is 0 Å². The van der Waals surface area contributed by atoms with Crippen LogP contribution in [-0.4, -0.2) is 42.2 Å². The minimum Gasteiger partial charge on any atom is -0.396 e. The van der Waals surface area contributed by atoms with E-state index >= 15 is 0 Å². The van der Waals surface area contributed by atoms with Gasteiger partial charge in [0.15, 0.2) is 0 Å². The standard InChI is InChI=1S/C18H27FN2O2/c19-17-6-4-15(5-7-17)14-20-18(23)16-8-11-21(12-9-16)10-2-1-3-13-22/h4-7,16,22H,1-3,8-14H2,(H,20,23). The van der Waals surface area contributed by atoms with Gasteiger partial charge >= 0.3 is 0 Å². The molecule has 5 heteroatoms. The summed E-state index contributed by atoms with van der Waals surface area (Å²) in [4.78, 5) is 14.6. The zero-order valence-corrected chi connectivity index (χ0v) is 13.6. The third kappa shape index (κ3) is 6.28. The average molecular weight is 322 g/mol. The molecule has 1 amide bonds. The van der Waals surface area contributed by atoms with Gasteiger partial charge in [-0.3, -0.25) is 4.79 Å². The highest BCUT2D eigenvalue weighted by Crippen LogP contribution is 2.18. The summed E-state index contributed by atoms with van der Waals surface area (Å²) in [6.07, 6.45) is 4.85. The summed E-state index contributed by atoms with van der Waals surface area (Å²) in [6.45, 7) is 3.72. The topological polar surface area (TPSA) is 52.6 Å². The number of nitrogens with one attached hydrogen (secondary N) is 1. The van der Waals surface area contributed by atoms with E-state index in [9.17, 15) is 9.18 Å². The zero-order chi connectivity index (χ0) is 16.5. The van der Waals surface area contributed by atoms with Gasteiger partial charge in [-0.1, -0.05) is 12.1 Å². The van der Waals surface area contributed by atoms with Gasteiger partial charge < -0.3 is 15.3 Å². The first kappa shape index (κ1) is 17.9. The molecule has 0 atom stereocenters. The Morgan fingerprint density at radius 3 is 2.52 bits per heavy atom. The molecular formula is C18H27FN2O2. The Kier molecular flexibility index (Phi) is 7.49. The first-order valence-corrected chi connectivity index (χ1v) is 8.54. The van der Waals surface area contributed by atoms with Gasteiger partial charge in [0.1, 0.15) is 5.82 Å². The van der Waals surface area contributed by atoms with Gasteiger partial charge in [-0.25, -0.2) is 4.39 Å². The van der Waals surface area contributed by atoms with Crippen LogP contribution < -0.4 is 5.32 Å². The molecule has 0 aliphatic carbocycles. The van der Waals surface area contributed by atoms with Gasteiger partial charge in [-0.2, -0.15) is 0 Å². The van der Waals surface area contributed by atoms with Crippen molar-refractivity contribution in [1.29, 1.82) is 0 Å². The van der Waals surface area contributed by atoms with E-state index in [1.165, 1.54) is 12.1 Å². The fourth-order valence-corrected chi connectivity index (χ4v) is 2.98. The second-order valence-electron chi connectivity index (χ2n) is 6.24. The van der Waals surface area contributed by atoms with Crippen molar-refractivity contribution in [1.82, 2.24) is 10.2 Å². The third-order valence-electron chi connectivity index (χ3n) is 4.47. The van der Waals surface area contributed by atoms with Crippen molar-refractivity contribution < 1.29 is 14.3 Å². The number of carbonyl (C=O) groups excluding carboxylic acids is 1. The molecule has 0 saturated carbocycles. The predicted octanol–water partition coefficient (Wildman–Crippen LogP) is 2.32. The zero-order valence-electron chi connectivity index (χ0n) is 13.6. The lowest BCUT2D eigenvalue weighted by atomic mass is 9.95. The number of hydrogen-bond donors (Lipinski definition) is 2. The number of likely N-dealkylation sites (tertiary alicyclic amines) is 1. The van der Waals surface area contributed by atoms with Crippen molar-refractivity contribution in [2.75, 3.05) is 26.2 Å². The number of benzene rings is 1. The minimum absolute atomic E-state index is 0.0872. The van der Waals surface area contributed by atoms with Gasteiger partial charge in [-0.15, -0.1) is 0 Å². The molecule has 0 radical (unpaired) electrons. The molecule has 0 spiro atoms. The van der Waals surface area contributed by atoms with Crippen LogP contribution in [0, 0.1) is 11.7 Å². The molecule has 1 saturated heterocycles. The quantitative estimate of drug-likeness (QED) is 0.722. The molecule has 23 heavy (non-hydrogen) atoms. The number of rotatable bonds is 8. The summed E-state index contributed by atoms with van der Waals surface area (Å²) in [5.74, 6) is -0.0650. The molecular weight excluding hydrogens is 295 g/mol. The first-order chi connectivity index (χ1) is 11.2. The van der Waals surface area contributed by atoms with Gasteiger partial charge in [0.2, 0.25) is 5.91 Å². The van der Waals surface area contributed by atoms with E-state index in [0.717, 1.165) is 57.3 Å². The van der Waals surface area contributed by atoms with Crippen LogP contribution in [0.25, 0.3) is 0 Å². The maximum absolute atomic E-state index is 12.8. The number of aliphatic hydroxyl groups excluding tert-OH is 1. The van der Waals surface area contributed by atoms with Crippen LogP contribution in [0.1, 0.15) is 37.7 Å². The lowest BCUT2D eigenvalue weighted by molar-refractivity contribution is -0.126. The number of carbonyl (C=O) groups is 1. The van der Waals surface area contributed by atoms with Crippen LogP contribution in [0.5, 0.6) is 0 Å². The highest BCUT2D eigenvalue weighted by molar-refractivity contribution is 5.78. The number of unbranched alkanes of at least 4 members (excludes halogenated alkanes) is 2. The number of nitrogens with zero attached hydrogens (tertiary/aromatic N) is 1. The first-order valence-electron chi connectivity index (χ1n) is 8.54. The van der Waals surface area contributed by atoms with Crippen LogP contribution in [0.15, 0.2) is 24.3 Å². The summed E-state index contributed by atoms with van der Waals surface area (Å²) in [5.41, 5.74) is 0.918. The van der Waals surface area contributed by atoms with Crippen LogP contribution in [0.4, 0.5) is 4.39 Å². The smallest absolute Gasteiger partial charge is 0.223 e. The van der Waals surface area contributed by atoms with E-state index < -0.39 is 0 Å². The van der Waals surface area contributed by atoms with Gasteiger partial charge in [0, 0.05) is 19.1 Å². The Balaban J connectivity index is 1.64. The van der Waals surface area contributed by atoms with Crippen molar-refractivity contribution in [3.8, 4) is 0 Å². The summed E-state index contributed by atoms with van der Waals surface area (Å²) in [6, 6.07) is 6.22. The number of piperidine rings is 1. The molecule has 1 aromatic rings. The predicted molar refractivity (Wildman–Crippen MR) is 88.3 cm³/mol. The van der Waals surface area contributed by atoms with Crippen molar-refractivity contribution in [2.45, 2.75) is 38.6 Å². The summed E-state index contributed by atoms with van der Waals surface area (Å²) in [7, 11) is 0. The molecule has 1 heterocycles. The number of halogens is 1. The minimum atomic E-state index is -0.258. The van der Waals surface area contributed by atoms with E-state index in [1.807, 2.05) is 0 Å². The molecule has 128 valence electrons. The molecule has 2 rings (SSSR count). The van der Waals surface area contributed by atoms with Crippen molar-refractivity contribution in [2.24, 2.45) is 5.92 Å². The maximum atomic E-state index is 12.8. The molecule has 1 aromatic carbocycles. The highest BCUT2D eigenvalue weighted by Gasteiger charge is 2.24. The van der Waals surface area contributed by atoms with Crippen molar-refractivity contribution >= 4 is 5.91 Å². The fraction of sp³-hybridized carbons (Fsp3) is 0.611. The second kappa shape index (κ2) is 9.63. The number of aliphatic hydroxyl groups is 1. The van der Waals surface area contributed by atoms with Crippen molar-refractivity contribution in [3.05, 3.63) is 35.6 Å². The second-order valence-corrected chi connectivity index (χ2v) is 6.24. The highest BCUT2D eigenvalue weighted by atomic mass is 19.1. The molecule has 0 aromatic heterocycles. The Hall–Kier alpha value is -1.46. The molecule has 0 bridgehead atoms. The summed E-state index contributed by atoms with van der Waals surface area (Å²) >= 11 is 0. The van der Waals surface area contributed by atoms with E-state index in [-0.39, 0.29) is 24.2 Å². The van der Waals surface area contributed by atoms with E-state index in [0.29, 0.717) is 6.54 Å². The Bertz CT molecular complexity index is 470. The van der Waals surface area contributed by atoms with Gasteiger partial charge in [-0.05, 0) is 69.4 Å². The lowest BCUT2D eigenvalue weighted by Crippen LogP contribution is -2.40. The largest absolute Gasteiger partial charge is 0.396 e. The molecule has 1 fully saturated rings. The van der Waals surface area contributed by atoms with E-state index in [4.69, 9.17) is 5.11 Å². The molecule has 1 aliphatic heterocycles. The fourth-order valence-electron chi connectivity index (χ4n) is 2.98. The normalized spacial score (nSPS) is 16.4. The van der Waals surface area contributed by atoms with Crippen molar-refractivity contribution in [3.63, 3.8) is 0 Å². The monoisotopic (exact) mass is 322 g/mol. The molecule has 0 unspecified atom stereocenters. The number of hydrogen-bond acceptors (Lipinski definition) is 3. The van der Waals surface area contributed by atoms with E-state index in [2.05, 4.69) is 10.2 Å². The SMILES string of the molecule is O=C(NCc1ccc(F)cc1)C1CCN(CCCCCO)CC1. The van der Waals surface area contributed by atoms with Crippen LogP contribution >= 0.6 is 0 Å². The number of amides is 1. The average Bonchev–Trinajstić information content (AvgIpc) is 2.58. The van der Waals surface area contributed by atoms with Crippen LogP contribution in [0.3, 0.4) is 0 Å². The molecule has 1 aliphatic rings. The summed E-state index contributed by atoms with van der Waals surface area (Å²) < 4.78 is 12.8. The molecule has 4 nitrogen and oxygen atoms in total. The third-order valence-corrected chi connectivity index (χ3v) is 4.47. The maximum Gasteiger partial charge on any atom is 0.223 e. The Morgan fingerprint density at radius 1 is 1.17 bits per heavy atom. The summed E-state index contributed by atoms with van der Waals surface area (Å²) in [5, 5.41) is 11.7. The molecule has 2 N–H and O–H groups in total. The Morgan fingerprint density at radius 2 is 1.87 bits per heavy atom. The van der Waals surface area contributed by atoms with E-state index in [1.54, 1.807) is 12.1 Å². The van der Waals surface area contributed by atoms with Crippen LogP contribution in [-0.2, 0) is 11.3 Å². The van der Waals surface area contributed by atoms with Gasteiger partial charge in [0.25, 0.3) is 0 Å².